The minimum atomic E-state index is -0.837. The van der Waals surface area contributed by atoms with Crippen LogP contribution in [0.4, 0.5) is 0 Å². The predicted molar refractivity (Wildman–Crippen MR) is 43.7 cm³/mol. The highest BCUT2D eigenvalue weighted by atomic mass is 32.2. The number of nitrogens with one attached hydrogen (secondary N) is 1. The van der Waals surface area contributed by atoms with Crippen molar-refractivity contribution in [3.05, 3.63) is 29.8 Å². The average Bonchev–Trinajstić information content (AvgIpc) is 1.88. The quantitative estimate of drug-likeness (QED) is 0.634. The first-order chi connectivity index (χ1) is 4.70. The molecule has 0 spiro atoms. The Hall–Kier alpha value is -0.670. The van der Waals surface area contributed by atoms with Crippen molar-refractivity contribution in [1.29, 1.82) is 4.78 Å². The zero-order valence-electron chi connectivity index (χ0n) is 5.79. The van der Waals surface area contributed by atoms with Gasteiger partial charge in [-0.15, -0.1) is 0 Å². The van der Waals surface area contributed by atoms with Gasteiger partial charge in [0.2, 0.25) is 0 Å². The van der Waals surface area contributed by atoms with E-state index in [9.17, 15) is 0 Å². The van der Waals surface area contributed by atoms with Gasteiger partial charge < -0.3 is 0 Å². The van der Waals surface area contributed by atoms with E-state index >= 15 is 0 Å². The number of rotatable bonds is 1. The van der Waals surface area contributed by atoms with E-state index in [4.69, 9.17) is 9.92 Å². The summed E-state index contributed by atoms with van der Waals surface area (Å²) in [5.74, 6) is 0. The molecule has 0 aromatic heterocycles. The molecule has 1 atom stereocenters. The highest BCUT2D eigenvalue weighted by molar-refractivity contribution is 7.83. The normalized spacial score (nSPS) is 13.0. The summed E-state index contributed by atoms with van der Waals surface area (Å²) in [5.41, 5.74) is 1.20. The SMILES string of the molecule is Cc1ccc(S(=N)N)cc1. The van der Waals surface area contributed by atoms with Crippen molar-refractivity contribution < 1.29 is 0 Å². The minimum Gasteiger partial charge on any atom is -0.265 e. The number of hydrogen-bond acceptors (Lipinski definition) is 1. The van der Waals surface area contributed by atoms with Gasteiger partial charge in [0.15, 0.2) is 0 Å². The van der Waals surface area contributed by atoms with E-state index in [0.29, 0.717) is 0 Å². The Labute approximate surface area is 63.1 Å². The highest BCUT2D eigenvalue weighted by Crippen LogP contribution is 2.04. The van der Waals surface area contributed by atoms with Gasteiger partial charge >= 0.3 is 0 Å². The molecule has 0 fully saturated rings. The summed E-state index contributed by atoms with van der Waals surface area (Å²) in [6.45, 7) is 2.02. The molecule has 0 heterocycles. The molecule has 3 heteroatoms. The van der Waals surface area contributed by atoms with Gasteiger partial charge in [-0.2, -0.15) is 0 Å². The first-order valence-corrected chi connectivity index (χ1v) is 4.25. The van der Waals surface area contributed by atoms with Gasteiger partial charge in [0.05, 0.1) is 0 Å². The van der Waals surface area contributed by atoms with Gasteiger partial charge in [0.25, 0.3) is 0 Å². The van der Waals surface area contributed by atoms with Crippen LogP contribution in [0.1, 0.15) is 5.56 Å². The van der Waals surface area contributed by atoms with E-state index in [2.05, 4.69) is 0 Å². The van der Waals surface area contributed by atoms with Gasteiger partial charge in [-0.05, 0) is 29.9 Å². The smallest absolute Gasteiger partial charge is 0.0327 e. The molecule has 54 valence electrons. The van der Waals surface area contributed by atoms with E-state index in [1.54, 1.807) is 0 Å². The molecule has 0 saturated heterocycles. The molecule has 10 heavy (non-hydrogen) atoms. The molecule has 0 saturated carbocycles. The summed E-state index contributed by atoms with van der Waals surface area (Å²) < 4.78 is 7.19. The van der Waals surface area contributed by atoms with Crippen LogP contribution in [-0.2, 0) is 10.9 Å². The lowest BCUT2D eigenvalue weighted by atomic mass is 10.2. The first-order valence-electron chi connectivity index (χ1n) is 2.97. The van der Waals surface area contributed by atoms with Gasteiger partial charge in [-0.25, -0.2) is 0 Å². The number of benzene rings is 1. The summed E-state index contributed by atoms with van der Waals surface area (Å²) in [6.07, 6.45) is 0. The summed E-state index contributed by atoms with van der Waals surface area (Å²) >= 11 is 0. The Morgan fingerprint density at radius 1 is 1.30 bits per heavy atom. The molecule has 1 aromatic carbocycles. The van der Waals surface area contributed by atoms with E-state index in [1.165, 1.54) is 5.56 Å². The van der Waals surface area contributed by atoms with Crippen LogP contribution in [0.15, 0.2) is 29.2 Å². The monoisotopic (exact) mass is 154 g/mol. The lowest BCUT2D eigenvalue weighted by Gasteiger charge is -1.97. The van der Waals surface area contributed by atoms with Crippen LogP contribution in [0.5, 0.6) is 0 Å². The van der Waals surface area contributed by atoms with Crippen molar-refractivity contribution in [2.45, 2.75) is 11.8 Å². The maximum Gasteiger partial charge on any atom is 0.0327 e. The maximum absolute atomic E-state index is 7.19. The zero-order chi connectivity index (χ0) is 7.56. The van der Waals surface area contributed by atoms with Crippen molar-refractivity contribution in [3.63, 3.8) is 0 Å². The fourth-order valence-corrected chi connectivity index (χ4v) is 1.11. The summed E-state index contributed by atoms with van der Waals surface area (Å²) in [4.78, 5) is 0.894. The molecular weight excluding hydrogens is 144 g/mol. The Morgan fingerprint density at radius 2 is 1.80 bits per heavy atom. The van der Waals surface area contributed by atoms with Crippen LogP contribution in [0, 0.1) is 11.7 Å². The lowest BCUT2D eigenvalue weighted by Crippen LogP contribution is -1.99. The Balaban J connectivity index is 3.00. The third-order valence-corrected chi connectivity index (χ3v) is 2.05. The third kappa shape index (κ3) is 1.65. The molecule has 0 aliphatic carbocycles. The molecule has 0 bridgehead atoms. The zero-order valence-corrected chi connectivity index (χ0v) is 6.61. The molecule has 2 nitrogen and oxygen atoms in total. The number of aryl methyl sites for hydroxylation is 1. The fourth-order valence-electron chi connectivity index (χ4n) is 0.685. The molecule has 0 amide bonds. The number of nitrogens with two attached hydrogens (primary N) is 1. The van der Waals surface area contributed by atoms with Gasteiger partial charge in [-0.1, -0.05) is 17.7 Å². The largest absolute Gasteiger partial charge is 0.265 e. The Bertz CT molecular complexity index is 240. The van der Waals surface area contributed by atoms with Gasteiger partial charge in [-0.3, -0.25) is 9.92 Å². The lowest BCUT2D eigenvalue weighted by molar-refractivity contribution is 1.36. The van der Waals surface area contributed by atoms with E-state index in [1.807, 2.05) is 31.2 Å². The van der Waals surface area contributed by atoms with Gasteiger partial charge in [0, 0.05) is 4.90 Å². The second kappa shape index (κ2) is 2.94. The highest BCUT2D eigenvalue weighted by Gasteiger charge is 1.90. The second-order valence-corrected chi connectivity index (χ2v) is 3.30. The molecule has 0 aliphatic heterocycles. The van der Waals surface area contributed by atoms with E-state index in [0.717, 1.165) is 4.90 Å². The van der Waals surface area contributed by atoms with Crippen molar-refractivity contribution in [3.8, 4) is 0 Å². The molecule has 3 N–H and O–H groups in total. The molecule has 0 radical (unpaired) electrons. The topological polar surface area (TPSA) is 49.9 Å². The molecule has 1 rings (SSSR count). The number of hydrogen-bond donors (Lipinski definition) is 2. The molecular formula is C7H10N2S. The average molecular weight is 154 g/mol. The van der Waals surface area contributed by atoms with Crippen LogP contribution in [0.3, 0.4) is 0 Å². The fraction of sp³-hybridized carbons (Fsp3) is 0.143. The van der Waals surface area contributed by atoms with Crippen LogP contribution < -0.4 is 5.14 Å². The first kappa shape index (κ1) is 7.44. The van der Waals surface area contributed by atoms with Crippen LogP contribution >= 0.6 is 0 Å². The molecule has 1 aromatic rings. The minimum absolute atomic E-state index is 0.837. The van der Waals surface area contributed by atoms with Crippen LogP contribution in [-0.4, -0.2) is 0 Å². The van der Waals surface area contributed by atoms with E-state index in [-0.39, 0.29) is 0 Å². The second-order valence-electron chi connectivity index (χ2n) is 2.15. The summed E-state index contributed by atoms with van der Waals surface area (Å²) in [5, 5.41) is 5.36. The summed E-state index contributed by atoms with van der Waals surface area (Å²) in [7, 11) is -0.837. The van der Waals surface area contributed by atoms with E-state index < -0.39 is 10.9 Å². The molecule has 1 unspecified atom stereocenters. The predicted octanol–water partition coefficient (Wildman–Crippen LogP) is 1.61. The van der Waals surface area contributed by atoms with Crippen LogP contribution in [0.25, 0.3) is 0 Å². The molecule has 0 aliphatic rings. The van der Waals surface area contributed by atoms with Crippen molar-refractivity contribution in [1.82, 2.24) is 0 Å². The van der Waals surface area contributed by atoms with Crippen molar-refractivity contribution in [2.75, 3.05) is 0 Å². The Morgan fingerprint density at radius 3 is 2.20 bits per heavy atom. The van der Waals surface area contributed by atoms with Crippen molar-refractivity contribution >= 4 is 10.9 Å². The van der Waals surface area contributed by atoms with Gasteiger partial charge in [0.1, 0.15) is 0 Å². The standard InChI is InChI=1S/C7H10N2S/c1-6-2-4-7(5-3-6)10(8)9/h2-5H,1H3,(H3,8,9). The third-order valence-electron chi connectivity index (χ3n) is 1.27. The Kier molecular flexibility index (Phi) is 2.19. The van der Waals surface area contributed by atoms with Crippen molar-refractivity contribution in [2.24, 2.45) is 5.14 Å². The maximum atomic E-state index is 7.19. The summed E-state index contributed by atoms with van der Waals surface area (Å²) in [6, 6.07) is 7.73. The van der Waals surface area contributed by atoms with Crippen LogP contribution in [0.2, 0.25) is 0 Å².